The van der Waals surface area contributed by atoms with Gasteiger partial charge in [0.15, 0.2) is 12.2 Å². The molecule has 0 saturated carbocycles. The Hall–Kier alpha value is -3.18. The molecule has 724 valence electrons. The van der Waals surface area contributed by atoms with Gasteiger partial charge >= 0.3 is 35.8 Å². The fraction of sp³-hybridized carbons (Fsp3) is 0.945. The molecule has 0 aromatic carbocycles. The molecule has 0 aliphatic carbocycles. The number of ether oxygens (including phenoxy) is 6. The van der Waals surface area contributed by atoms with E-state index in [9.17, 15) is 28.8 Å². The molecular formula is C110H212O12. The Morgan fingerprint density at radius 1 is 0.131 bits per heavy atom. The molecule has 0 rings (SSSR count). The summed E-state index contributed by atoms with van der Waals surface area (Å²) in [6.07, 6.45) is 110. The largest absolute Gasteiger partial charge is 0.462 e. The summed E-state index contributed by atoms with van der Waals surface area (Å²) in [5, 5.41) is 0. The van der Waals surface area contributed by atoms with Gasteiger partial charge in [0.05, 0.1) is 0 Å². The van der Waals surface area contributed by atoms with Gasteiger partial charge in [-0.1, -0.05) is 555 Å². The summed E-state index contributed by atoms with van der Waals surface area (Å²) in [5.41, 5.74) is 0. The van der Waals surface area contributed by atoms with Gasteiger partial charge in [-0.25, -0.2) is 0 Å². The van der Waals surface area contributed by atoms with Crippen molar-refractivity contribution in [2.45, 2.75) is 644 Å². The first-order valence-electron chi connectivity index (χ1n) is 55.1. The first kappa shape index (κ1) is 121. The Morgan fingerprint density at radius 3 is 0.328 bits per heavy atom. The highest BCUT2D eigenvalue weighted by Gasteiger charge is 2.22. The second-order valence-corrected chi connectivity index (χ2v) is 37.7. The van der Waals surface area contributed by atoms with E-state index in [4.69, 9.17) is 28.4 Å². The summed E-state index contributed by atoms with van der Waals surface area (Å²) in [5.74, 6) is -1.67. The van der Waals surface area contributed by atoms with Crippen molar-refractivity contribution in [1.29, 1.82) is 0 Å². The molecule has 0 radical (unpaired) electrons. The Kier molecular flexibility index (Phi) is 106. The highest BCUT2D eigenvalue weighted by molar-refractivity contribution is 5.72. The van der Waals surface area contributed by atoms with E-state index in [2.05, 4.69) is 41.5 Å². The van der Waals surface area contributed by atoms with Crippen LogP contribution in [0.5, 0.6) is 0 Å². The van der Waals surface area contributed by atoms with Gasteiger partial charge in [0.25, 0.3) is 0 Å². The number of carbonyl (C=O) groups excluding carboxylic acids is 6. The lowest BCUT2D eigenvalue weighted by Crippen LogP contribution is -2.30. The summed E-state index contributed by atoms with van der Waals surface area (Å²) in [6, 6.07) is 0. The fourth-order valence-electron chi connectivity index (χ4n) is 16.9. The molecule has 0 heterocycles. The van der Waals surface area contributed by atoms with Crippen molar-refractivity contribution >= 4 is 35.8 Å². The van der Waals surface area contributed by atoms with Crippen LogP contribution in [0.3, 0.4) is 0 Å². The van der Waals surface area contributed by atoms with Crippen LogP contribution in [0.15, 0.2) is 0 Å². The third-order valence-electron chi connectivity index (χ3n) is 25.2. The number of esters is 6. The average molecular weight is 1730 g/mol. The van der Waals surface area contributed by atoms with E-state index >= 15 is 0 Å². The topological polar surface area (TPSA) is 158 Å². The Balaban J connectivity index is 0. The van der Waals surface area contributed by atoms with Crippen LogP contribution in [-0.4, -0.2) is 74.5 Å². The maximum atomic E-state index is 12.8. The molecule has 0 N–H and O–H groups in total. The molecule has 2 atom stereocenters. The Morgan fingerprint density at radius 2 is 0.221 bits per heavy atom. The van der Waals surface area contributed by atoms with Gasteiger partial charge in [-0.15, -0.1) is 0 Å². The summed E-state index contributed by atoms with van der Waals surface area (Å²) in [4.78, 5) is 76.0. The zero-order chi connectivity index (χ0) is 88.7. The summed E-state index contributed by atoms with van der Waals surface area (Å²) in [6.45, 7) is 13.4. The van der Waals surface area contributed by atoms with E-state index < -0.39 is 12.2 Å². The second kappa shape index (κ2) is 107. The number of carbonyl (C=O) groups is 6. The quantitative estimate of drug-likeness (QED) is 0.0323. The number of hydrogen-bond acceptors (Lipinski definition) is 12. The van der Waals surface area contributed by atoms with Gasteiger partial charge in [0.2, 0.25) is 0 Å². The van der Waals surface area contributed by atoms with Crippen LogP contribution in [-0.2, 0) is 57.2 Å². The second-order valence-electron chi connectivity index (χ2n) is 37.7. The lowest BCUT2D eigenvalue weighted by Gasteiger charge is -2.18. The maximum Gasteiger partial charge on any atom is 0.306 e. The van der Waals surface area contributed by atoms with Crippen molar-refractivity contribution in [3.63, 3.8) is 0 Å². The third kappa shape index (κ3) is 104. The van der Waals surface area contributed by atoms with Crippen molar-refractivity contribution in [3.8, 4) is 0 Å². The van der Waals surface area contributed by atoms with Crippen LogP contribution in [0, 0.1) is 0 Å². The molecule has 2 unspecified atom stereocenters. The van der Waals surface area contributed by atoms with E-state index in [0.29, 0.717) is 38.5 Å². The summed E-state index contributed by atoms with van der Waals surface area (Å²) < 4.78 is 33.7. The van der Waals surface area contributed by atoms with Gasteiger partial charge in [0.1, 0.15) is 26.4 Å². The molecule has 12 heteroatoms. The van der Waals surface area contributed by atoms with Gasteiger partial charge in [-0.2, -0.15) is 0 Å². The van der Waals surface area contributed by atoms with Crippen LogP contribution >= 0.6 is 0 Å². The predicted molar refractivity (Wildman–Crippen MR) is 522 cm³/mol. The molecule has 0 aliphatic heterocycles. The van der Waals surface area contributed by atoms with Gasteiger partial charge in [-0.05, 0) is 38.5 Å². The van der Waals surface area contributed by atoms with Crippen LogP contribution in [0.25, 0.3) is 0 Å². The Labute approximate surface area is 759 Å². The summed E-state index contributed by atoms with van der Waals surface area (Å²) >= 11 is 0. The van der Waals surface area contributed by atoms with Gasteiger partial charge in [0, 0.05) is 38.5 Å². The highest BCUT2D eigenvalue weighted by Crippen LogP contribution is 2.23. The van der Waals surface area contributed by atoms with Gasteiger partial charge in [-0.3, -0.25) is 28.8 Å². The van der Waals surface area contributed by atoms with Crippen molar-refractivity contribution < 1.29 is 57.2 Å². The third-order valence-corrected chi connectivity index (χ3v) is 25.2. The molecule has 0 bridgehead atoms. The minimum Gasteiger partial charge on any atom is -0.462 e. The predicted octanol–water partition coefficient (Wildman–Crippen LogP) is 36.0. The number of rotatable bonds is 102. The molecule has 0 amide bonds. The molecular weight excluding hydrogens is 1510 g/mol. The smallest absolute Gasteiger partial charge is 0.306 e. The molecule has 0 fully saturated rings. The van der Waals surface area contributed by atoms with Crippen molar-refractivity contribution in [1.82, 2.24) is 0 Å². The molecule has 0 aliphatic rings. The first-order valence-corrected chi connectivity index (χ1v) is 55.1. The lowest BCUT2D eigenvalue weighted by molar-refractivity contribution is -0.167. The molecule has 122 heavy (non-hydrogen) atoms. The van der Waals surface area contributed by atoms with E-state index in [1.54, 1.807) is 0 Å². The van der Waals surface area contributed by atoms with Gasteiger partial charge < -0.3 is 28.4 Å². The minimum atomic E-state index is -0.760. The van der Waals surface area contributed by atoms with E-state index in [1.165, 1.54) is 437 Å². The number of hydrogen-bond donors (Lipinski definition) is 0. The van der Waals surface area contributed by atoms with E-state index in [0.717, 1.165) is 116 Å². The average Bonchev–Trinajstić information content (AvgIpc) is 0.945. The van der Waals surface area contributed by atoms with Crippen LogP contribution in [0.1, 0.15) is 632 Å². The summed E-state index contributed by atoms with van der Waals surface area (Å²) in [7, 11) is 0. The molecule has 0 aromatic heterocycles. The maximum absolute atomic E-state index is 12.8. The van der Waals surface area contributed by atoms with Crippen molar-refractivity contribution in [2.24, 2.45) is 0 Å². The zero-order valence-corrected chi connectivity index (χ0v) is 82.9. The minimum absolute atomic E-state index is 0.0613. The Bertz CT molecular complexity index is 1950. The van der Waals surface area contributed by atoms with E-state index in [1.807, 2.05) is 0 Å². The lowest BCUT2D eigenvalue weighted by atomic mass is 10.0. The normalized spacial score (nSPS) is 11.9. The molecule has 0 aromatic rings. The fourth-order valence-corrected chi connectivity index (χ4v) is 16.9. The van der Waals surface area contributed by atoms with E-state index in [-0.39, 0.29) is 62.2 Å². The molecule has 0 saturated heterocycles. The van der Waals surface area contributed by atoms with Crippen molar-refractivity contribution in [3.05, 3.63) is 0 Å². The SMILES string of the molecule is CCCCCCCCCCCCCCCCCC(=O)OCC(COC(=O)CCCCCCCCCCCCCCC)OC(=O)CCCCCCCCCCCCCCCCC.CCCCCCCCCCCCCCCCCC(=O)OCC(COC(=O)CCCCCCCCCCCCCCC)OC(=O)CCCCCCCCCCCCCCCCC. The standard InChI is InChI=1S/2C55H106O6/c2*1-4-7-10-13-16-19-22-25-27-30-33-36-39-42-45-48-54(57)60-51-52(50-59-53(56)47-44-41-38-35-32-29-24-21-18-15-12-9-6-3)61-55(58)49-46-43-40-37-34-31-28-26-23-20-17-14-11-8-5-2/h2*52H,4-51H2,1-3H3. The zero-order valence-electron chi connectivity index (χ0n) is 82.9. The van der Waals surface area contributed by atoms with Crippen LogP contribution < -0.4 is 0 Å². The first-order chi connectivity index (χ1) is 60.1. The molecule has 0 spiro atoms. The highest BCUT2D eigenvalue weighted by atomic mass is 16.6. The van der Waals surface area contributed by atoms with Crippen LogP contribution in [0.2, 0.25) is 0 Å². The number of unbranched alkanes of at least 4 members (excludes halogenated alkanes) is 80. The molecule has 12 nitrogen and oxygen atoms in total. The van der Waals surface area contributed by atoms with Crippen molar-refractivity contribution in [2.75, 3.05) is 26.4 Å². The van der Waals surface area contributed by atoms with Crippen LogP contribution in [0.4, 0.5) is 0 Å². The monoisotopic (exact) mass is 1730 g/mol.